The first kappa shape index (κ1) is 20.0. The van der Waals surface area contributed by atoms with Crippen LogP contribution in [0, 0.1) is 5.82 Å². The summed E-state index contributed by atoms with van der Waals surface area (Å²) in [4.78, 5) is 14.2. The summed E-state index contributed by atoms with van der Waals surface area (Å²) in [5.74, 6) is -0.113. The zero-order valence-corrected chi connectivity index (χ0v) is 17.5. The lowest BCUT2D eigenvalue weighted by Crippen LogP contribution is -2.27. The number of rotatable bonds is 4. The standard InChI is InChI=1S/C19H19FN6O3S/c1-19(2,3)30(27,28)13-5-6-15-14(8-13)17(29-4)24-18(23-15)25-26-16-11(9-22-26)7-12(20)10-21-16/h5-10H,1-4H3,(H,23,24,25). The van der Waals surface area contributed by atoms with Crippen molar-refractivity contribution in [3.8, 4) is 5.88 Å². The number of benzene rings is 1. The third-order valence-corrected chi connectivity index (χ3v) is 7.01. The zero-order chi connectivity index (χ0) is 21.7. The molecule has 0 fully saturated rings. The summed E-state index contributed by atoms with van der Waals surface area (Å²) >= 11 is 0. The molecular weight excluding hydrogens is 411 g/mol. The van der Waals surface area contributed by atoms with Gasteiger partial charge in [0, 0.05) is 5.39 Å². The average Bonchev–Trinajstić information content (AvgIpc) is 3.07. The van der Waals surface area contributed by atoms with Gasteiger partial charge >= 0.3 is 0 Å². The van der Waals surface area contributed by atoms with E-state index in [-0.39, 0.29) is 16.7 Å². The Morgan fingerprint density at radius 2 is 1.90 bits per heavy atom. The Hall–Kier alpha value is -3.34. The van der Waals surface area contributed by atoms with Crippen molar-refractivity contribution in [1.82, 2.24) is 24.8 Å². The first-order valence-corrected chi connectivity index (χ1v) is 10.5. The molecule has 4 rings (SSSR count). The third kappa shape index (κ3) is 3.30. The fourth-order valence-corrected chi connectivity index (χ4v) is 4.10. The Labute approximate surface area is 171 Å². The van der Waals surface area contributed by atoms with E-state index < -0.39 is 20.4 Å². The van der Waals surface area contributed by atoms with Gasteiger partial charge < -0.3 is 4.74 Å². The number of aromatic nitrogens is 5. The molecule has 1 aromatic carbocycles. The molecule has 0 atom stereocenters. The molecule has 0 unspecified atom stereocenters. The number of hydrogen-bond donors (Lipinski definition) is 1. The lowest BCUT2D eigenvalue weighted by Gasteiger charge is -2.19. The fraction of sp³-hybridized carbons (Fsp3) is 0.263. The second-order valence-corrected chi connectivity index (χ2v) is 10.3. The van der Waals surface area contributed by atoms with Crippen molar-refractivity contribution >= 4 is 37.7 Å². The largest absolute Gasteiger partial charge is 0.480 e. The van der Waals surface area contributed by atoms with E-state index in [1.807, 2.05) is 0 Å². The van der Waals surface area contributed by atoms with E-state index >= 15 is 0 Å². The maximum absolute atomic E-state index is 13.3. The Morgan fingerprint density at radius 3 is 2.60 bits per heavy atom. The molecule has 0 saturated carbocycles. The number of ether oxygens (including phenoxy) is 1. The first-order chi connectivity index (χ1) is 14.1. The van der Waals surface area contributed by atoms with Gasteiger partial charge in [-0.05, 0) is 45.0 Å². The molecule has 3 heterocycles. The average molecular weight is 430 g/mol. The molecule has 0 amide bonds. The summed E-state index contributed by atoms with van der Waals surface area (Å²) in [6.07, 6.45) is 2.54. The molecule has 0 saturated heterocycles. The number of hydrogen-bond acceptors (Lipinski definition) is 8. The summed E-state index contributed by atoms with van der Waals surface area (Å²) in [6.45, 7) is 4.92. The molecule has 0 aliphatic heterocycles. The monoisotopic (exact) mass is 430 g/mol. The predicted octanol–water partition coefficient (Wildman–Crippen LogP) is 2.97. The molecule has 9 nitrogen and oxygen atoms in total. The normalized spacial score (nSPS) is 12.4. The summed E-state index contributed by atoms with van der Waals surface area (Å²) in [5.41, 5.74) is 3.76. The van der Waals surface area contributed by atoms with Gasteiger partial charge in [-0.2, -0.15) is 14.9 Å². The van der Waals surface area contributed by atoms with Gasteiger partial charge in [0.1, 0.15) is 5.82 Å². The highest BCUT2D eigenvalue weighted by Crippen LogP contribution is 2.31. The van der Waals surface area contributed by atoms with Crippen LogP contribution < -0.4 is 10.2 Å². The first-order valence-electron chi connectivity index (χ1n) is 8.97. The second-order valence-electron chi connectivity index (χ2n) is 7.59. The minimum atomic E-state index is -3.55. The Kier molecular flexibility index (Phi) is 4.57. The minimum absolute atomic E-state index is 0.155. The van der Waals surface area contributed by atoms with E-state index in [1.54, 1.807) is 26.8 Å². The van der Waals surface area contributed by atoms with Crippen molar-refractivity contribution in [3.05, 3.63) is 42.5 Å². The van der Waals surface area contributed by atoms with Crippen molar-refractivity contribution < 1.29 is 17.5 Å². The molecule has 3 aromatic heterocycles. The number of methoxy groups -OCH3 is 1. The Balaban J connectivity index is 1.79. The van der Waals surface area contributed by atoms with Crippen LogP contribution in [0.25, 0.3) is 21.9 Å². The summed E-state index contributed by atoms with van der Waals surface area (Å²) in [7, 11) is -2.12. The van der Waals surface area contributed by atoms with Gasteiger partial charge in [0.05, 0.1) is 40.0 Å². The number of pyridine rings is 1. The van der Waals surface area contributed by atoms with Crippen molar-refractivity contribution in [2.24, 2.45) is 0 Å². The van der Waals surface area contributed by atoms with Gasteiger partial charge in [0.15, 0.2) is 15.5 Å². The zero-order valence-electron chi connectivity index (χ0n) is 16.7. The number of fused-ring (bicyclic) bond motifs is 2. The van der Waals surface area contributed by atoms with Crippen LogP contribution in [0.1, 0.15) is 20.8 Å². The van der Waals surface area contributed by atoms with Crippen LogP contribution >= 0.6 is 0 Å². The molecule has 1 N–H and O–H groups in total. The van der Waals surface area contributed by atoms with E-state index in [4.69, 9.17) is 4.74 Å². The van der Waals surface area contributed by atoms with Crippen LogP contribution in [0.3, 0.4) is 0 Å². The number of sulfone groups is 1. The lowest BCUT2D eigenvalue weighted by atomic mass is 10.2. The van der Waals surface area contributed by atoms with Crippen LogP contribution in [-0.4, -0.2) is 45.1 Å². The predicted molar refractivity (Wildman–Crippen MR) is 110 cm³/mol. The van der Waals surface area contributed by atoms with E-state index in [2.05, 4.69) is 25.5 Å². The Bertz CT molecular complexity index is 1380. The SMILES string of the molecule is COc1nc(Nn2ncc3cc(F)cnc32)nc2ccc(S(=O)(=O)C(C)(C)C)cc12. The van der Waals surface area contributed by atoms with Gasteiger partial charge in [-0.3, -0.25) is 0 Å². The molecular formula is C19H19FN6O3S. The van der Waals surface area contributed by atoms with Crippen molar-refractivity contribution in [2.75, 3.05) is 12.5 Å². The number of anilines is 1. The smallest absolute Gasteiger partial charge is 0.247 e. The molecule has 0 bridgehead atoms. The van der Waals surface area contributed by atoms with Crippen LogP contribution in [0.5, 0.6) is 5.88 Å². The number of nitrogens with one attached hydrogen (secondary N) is 1. The van der Waals surface area contributed by atoms with Gasteiger partial charge in [-0.1, -0.05) is 0 Å². The van der Waals surface area contributed by atoms with Crippen LogP contribution in [-0.2, 0) is 9.84 Å². The highest BCUT2D eigenvalue weighted by atomic mass is 32.2. The number of nitrogens with zero attached hydrogens (tertiary/aromatic N) is 5. The molecule has 0 aliphatic rings. The van der Waals surface area contributed by atoms with Gasteiger partial charge in [-0.25, -0.2) is 28.2 Å². The highest BCUT2D eigenvalue weighted by Gasteiger charge is 2.31. The van der Waals surface area contributed by atoms with Crippen LogP contribution in [0.2, 0.25) is 0 Å². The van der Waals surface area contributed by atoms with Crippen molar-refractivity contribution in [3.63, 3.8) is 0 Å². The van der Waals surface area contributed by atoms with E-state index in [1.165, 1.54) is 36.3 Å². The summed E-state index contributed by atoms with van der Waals surface area (Å²) in [6, 6.07) is 5.92. The maximum atomic E-state index is 13.3. The number of halogens is 1. The lowest BCUT2D eigenvalue weighted by molar-refractivity contribution is 0.403. The quantitative estimate of drug-likeness (QED) is 0.526. The van der Waals surface area contributed by atoms with E-state index in [0.717, 1.165) is 6.20 Å². The third-order valence-electron chi connectivity index (χ3n) is 4.52. The Morgan fingerprint density at radius 1 is 1.13 bits per heavy atom. The van der Waals surface area contributed by atoms with E-state index in [9.17, 15) is 12.8 Å². The van der Waals surface area contributed by atoms with Gasteiger partial charge in [0.2, 0.25) is 11.8 Å². The van der Waals surface area contributed by atoms with Crippen LogP contribution in [0.15, 0.2) is 41.6 Å². The minimum Gasteiger partial charge on any atom is -0.480 e. The van der Waals surface area contributed by atoms with Gasteiger partial charge in [0.25, 0.3) is 0 Å². The van der Waals surface area contributed by atoms with E-state index in [0.29, 0.717) is 21.9 Å². The fourth-order valence-electron chi connectivity index (χ4n) is 2.88. The van der Waals surface area contributed by atoms with Gasteiger partial charge in [-0.15, -0.1) is 0 Å². The molecule has 30 heavy (non-hydrogen) atoms. The van der Waals surface area contributed by atoms with Crippen molar-refractivity contribution in [2.45, 2.75) is 30.4 Å². The van der Waals surface area contributed by atoms with Crippen LogP contribution in [0.4, 0.5) is 10.3 Å². The highest BCUT2D eigenvalue weighted by molar-refractivity contribution is 7.92. The molecule has 11 heteroatoms. The summed E-state index contributed by atoms with van der Waals surface area (Å²) < 4.78 is 43.3. The molecule has 0 spiro atoms. The molecule has 156 valence electrons. The summed E-state index contributed by atoms with van der Waals surface area (Å²) in [5, 5.41) is 5.08. The second kappa shape index (κ2) is 6.87. The maximum Gasteiger partial charge on any atom is 0.247 e. The molecule has 0 aliphatic carbocycles. The molecule has 4 aromatic rings. The topological polar surface area (TPSA) is 112 Å². The van der Waals surface area contributed by atoms with Crippen molar-refractivity contribution in [1.29, 1.82) is 0 Å². The molecule has 0 radical (unpaired) electrons.